The summed E-state index contributed by atoms with van der Waals surface area (Å²) in [5, 5.41) is 4.63. The number of amides is 3. The van der Waals surface area contributed by atoms with Crippen molar-refractivity contribution in [1.82, 2.24) is 14.8 Å². The Labute approximate surface area is 238 Å². The number of hydrogen-bond donors (Lipinski definition) is 1. The molecule has 3 aromatic carbocycles. The Morgan fingerprint density at radius 1 is 0.875 bits per heavy atom. The molecule has 7 nitrogen and oxygen atoms in total. The van der Waals surface area contributed by atoms with E-state index in [9.17, 15) is 14.4 Å². The average molecular weight is 565 g/mol. The van der Waals surface area contributed by atoms with E-state index in [0.717, 1.165) is 51.7 Å². The van der Waals surface area contributed by atoms with Gasteiger partial charge in [-0.25, -0.2) is 4.98 Å². The second kappa shape index (κ2) is 10.1. The highest BCUT2D eigenvalue weighted by Gasteiger charge is 2.36. The summed E-state index contributed by atoms with van der Waals surface area (Å²) in [6.45, 7) is 2.20. The van der Waals surface area contributed by atoms with Crippen LogP contribution in [0.25, 0.3) is 20.8 Å². The highest BCUT2D eigenvalue weighted by molar-refractivity contribution is 7.23. The number of nitrogens with zero attached hydrogens (tertiary/aromatic N) is 3. The lowest BCUT2D eigenvalue weighted by Crippen LogP contribution is -2.37. The van der Waals surface area contributed by atoms with Gasteiger partial charge in [-0.1, -0.05) is 54.6 Å². The van der Waals surface area contributed by atoms with Crippen LogP contribution in [0, 0.1) is 0 Å². The van der Waals surface area contributed by atoms with Gasteiger partial charge in [0.15, 0.2) is 0 Å². The summed E-state index contributed by atoms with van der Waals surface area (Å²) in [6.07, 6.45) is 0.845. The Balaban J connectivity index is 1.19. The second-order valence-corrected chi connectivity index (χ2v) is 12.1. The van der Waals surface area contributed by atoms with Crippen molar-refractivity contribution < 1.29 is 14.4 Å². The molecule has 2 aromatic heterocycles. The third kappa shape index (κ3) is 4.42. The van der Waals surface area contributed by atoms with Crippen molar-refractivity contribution in [3.05, 3.63) is 106 Å². The van der Waals surface area contributed by atoms with Crippen LogP contribution in [0.3, 0.4) is 0 Å². The molecule has 0 unspecified atom stereocenters. The lowest BCUT2D eigenvalue weighted by Gasteiger charge is -2.27. The number of thiophene rings is 1. The lowest BCUT2D eigenvalue weighted by atomic mass is 10.0. The summed E-state index contributed by atoms with van der Waals surface area (Å²) in [5.41, 5.74) is 5.03. The van der Waals surface area contributed by atoms with E-state index in [0.29, 0.717) is 16.1 Å². The van der Waals surface area contributed by atoms with Crippen molar-refractivity contribution in [2.75, 3.05) is 18.4 Å². The number of thiazole rings is 1. The smallest absolute Gasteiger partial charge is 0.262 e. The maximum atomic E-state index is 13.3. The molecule has 9 heteroatoms. The van der Waals surface area contributed by atoms with Gasteiger partial charge in [0.25, 0.3) is 11.8 Å². The molecule has 0 radical (unpaired) electrons. The van der Waals surface area contributed by atoms with Crippen LogP contribution in [-0.4, -0.2) is 45.6 Å². The Hall–Kier alpha value is -4.18. The summed E-state index contributed by atoms with van der Waals surface area (Å²) in [4.78, 5) is 48.5. The Morgan fingerprint density at radius 3 is 2.33 bits per heavy atom. The van der Waals surface area contributed by atoms with E-state index in [2.05, 4.69) is 40.5 Å². The SMILES string of the molecule is O=C(CN1C(=O)c2ccccc2C1=O)Nc1sc2c(c1-c1nc3ccccc3s1)CCN(Cc1ccccc1)C2. The molecular weight excluding hydrogens is 541 g/mol. The molecule has 0 saturated heterocycles. The normalized spacial score (nSPS) is 14.9. The number of benzene rings is 3. The van der Waals surface area contributed by atoms with Gasteiger partial charge >= 0.3 is 0 Å². The molecule has 5 aromatic rings. The van der Waals surface area contributed by atoms with Gasteiger partial charge in [0.05, 0.1) is 21.3 Å². The molecule has 0 saturated carbocycles. The number of nitrogens with one attached hydrogen (secondary N) is 1. The maximum absolute atomic E-state index is 13.3. The zero-order valence-corrected chi connectivity index (χ0v) is 23.1. The Bertz CT molecular complexity index is 1720. The Kier molecular flexibility index (Phi) is 6.27. The van der Waals surface area contributed by atoms with Crippen molar-refractivity contribution in [3.63, 3.8) is 0 Å². The minimum absolute atomic E-state index is 0.334. The monoisotopic (exact) mass is 564 g/mol. The molecule has 2 aliphatic heterocycles. The first-order valence-electron chi connectivity index (χ1n) is 13.1. The van der Waals surface area contributed by atoms with Crippen molar-refractivity contribution in [1.29, 1.82) is 0 Å². The van der Waals surface area contributed by atoms with Crippen LogP contribution in [0.1, 0.15) is 36.7 Å². The molecule has 1 N–H and O–H groups in total. The molecule has 2 aliphatic rings. The molecule has 0 spiro atoms. The van der Waals surface area contributed by atoms with Gasteiger partial charge in [0, 0.05) is 30.1 Å². The molecule has 0 atom stereocenters. The number of anilines is 1. The summed E-state index contributed by atoms with van der Waals surface area (Å²) in [7, 11) is 0. The highest BCUT2D eigenvalue weighted by Crippen LogP contribution is 2.46. The predicted molar refractivity (Wildman–Crippen MR) is 158 cm³/mol. The number of para-hydroxylation sites is 1. The first-order chi connectivity index (χ1) is 19.5. The van der Waals surface area contributed by atoms with Crippen LogP contribution < -0.4 is 5.32 Å². The molecule has 7 rings (SSSR count). The van der Waals surface area contributed by atoms with Crippen LogP contribution >= 0.6 is 22.7 Å². The third-order valence-corrected chi connectivity index (χ3v) is 9.51. The summed E-state index contributed by atoms with van der Waals surface area (Å²) in [6, 6.07) is 25.1. The average Bonchev–Trinajstić information content (AvgIpc) is 3.62. The predicted octanol–water partition coefficient (Wildman–Crippen LogP) is 5.82. The first-order valence-corrected chi connectivity index (χ1v) is 14.7. The van der Waals surface area contributed by atoms with Crippen LogP contribution in [0.4, 0.5) is 5.00 Å². The van der Waals surface area contributed by atoms with Crippen molar-refractivity contribution in [2.45, 2.75) is 19.5 Å². The number of hydrogen-bond acceptors (Lipinski definition) is 7. The number of rotatable bonds is 6. The van der Waals surface area contributed by atoms with E-state index < -0.39 is 17.7 Å². The fraction of sp³-hybridized carbons (Fsp3) is 0.161. The van der Waals surface area contributed by atoms with Gasteiger partial charge in [0.2, 0.25) is 5.91 Å². The van der Waals surface area contributed by atoms with Crippen LogP contribution in [-0.2, 0) is 24.3 Å². The van der Waals surface area contributed by atoms with Gasteiger partial charge in [0.1, 0.15) is 16.6 Å². The quantitative estimate of drug-likeness (QED) is 0.263. The van der Waals surface area contributed by atoms with Crippen molar-refractivity contribution >= 4 is 55.6 Å². The fourth-order valence-corrected chi connectivity index (χ4v) is 7.84. The number of carbonyl (C=O) groups is 3. The van der Waals surface area contributed by atoms with E-state index in [1.165, 1.54) is 16.0 Å². The van der Waals surface area contributed by atoms with E-state index >= 15 is 0 Å². The Morgan fingerprint density at radius 2 is 1.57 bits per heavy atom. The third-order valence-electron chi connectivity index (χ3n) is 7.33. The van der Waals surface area contributed by atoms with Gasteiger partial charge in [-0.05, 0) is 41.8 Å². The topological polar surface area (TPSA) is 82.6 Å². The van der Waals surface area contributed by atoms with E-state index in [1.54, 1.807) is 46.9 Å². The molecule has 4 heterocycles. The minimum atomic E-state index is -0.441. The van der Waals surface area contributed by atoms with Gasteiger partial charge in [-0.15, -0.1) is 22.7 Å². The van der Waals surface area contributed by atoms with Crippen LogP contribution in [0.15, 0.2) is 78.9 Å². The number of aromatic nitrogens is 1. The molecule has 0 fully saturated rings. The largest absolute Gasteiger partial charge is 0.316 e. The van der Waals surface area contributed by atoms with Gasteiger partial charge in [-0.3, -0.25) is 24.2 Å². The van der Waals surface area contributed by atoms with Crippen molar-refractivity contribution in [2.24, 2.45) is 0 Å². The zero-order chi connectivity index (χ0) is 27.2. The van der Waals surface area contributed by atoms with E-state index in [1.807, 2.05) is 24.3 Å². The van der Waals surface area contributed by atoms with E-state index in [4.69, 9.17) is 4.98 Å². The highest BCUT2D eigenvalue weighted by atomic mass is 32.1. The number of imide groups is 1. The summed E-state index contributed by atoms with van der Waals surface area (Å²) >= 11 is 3.17. The van der Waals surface area contributed by atoms with Crippen molar-refractivity contribution in [3.8, 4) is 10.6 Å². The molecule has 0 bridgehead atoms. The lowest BCUT2D eigenvalue weighted by molar-refractivity contribution is -0.116. The fourth-order valence-electron chi connectivity index (χ4n) is 5.42. The second-order valence-electron chi connectivity index (χ2n) is 9.93. The standard InChI is InChI=1S/C31H24N4O3S2/c36-26(18-35-30(37)20-10-4-5-11-21(20)31(35)38)33-29-27(28-32-23-12-6-7-13-24(23)39-28)22-14-15-34(17-25(22)40-29)16-19-8-2-1-3-9-19/h1-13H,14-18H2,(H,33,36). The van der Waals surface area contributed by atoms with Gasteiger partial charge < -0.3 is 5.32 Å². The number of carbonyl (C=O) groups excluding carboxylic acids is 3. The van der Waals surface area contributed by atoms with Gasteiger partial charge in [-0.2, -0.15) is 0 Å². The van der Waals surface area contributed by atoms with Crippen LogP contribution in [0.5, 0.6) is 0 Å². The van der Waals surface area contributed by atoms with Crippen LogP contribution in [0.2, 0.25) is 0 Å². The molecule has 40 heavy (non-hydrogen) atoms. The first kappa shape index (κ1) is 24.8. The maximum Gasteiger partial charge on any atom is 0.262 e. The molecule has 0 aliphatic carbocycles. The molecular formula is C31H24N4O3S2. The number of fused-ring (bicyclic) bond motifs is 3. The molecule has 198 valence electrons. The summed E-state index contributed by atoms with van der Waals surface area (Å²) < 4.78 is 1.09. The molecule has 3 amide bonds. The summed E-state index contributed by atoms with van der Waals surface area (Å²) in [5.74, 6) is -1.29. The van der Waals surface area contributed by atoms with E-state index in [-0.39, 0.29) is 6.54 Å². The minimum Gasteiger partial charge on any atom is -0.316 e. The zero-order valence-electron chi connectivity index (χ0n) is 21.4.